The van der Waals surface area contributed by atoms with E-state index in [1.165, 1.54) is 0 Å². The Labute approximate surface area is 272 Å². The highest BCUT2D eigenvalue weighted by atomic mass is 16.3. The Balaban J connectivity index is 1.24. The molecule has 0 aliphatic rings. The van der Waals surface area contributed by atoms with Crippen LogP contribution in [0.3, 0.4) is 0 Å². The fourth-order valence-electron chi connectivity index (χ4n) is 6.49. The predicted molar refractivity (Wildman–Crippen MR) is 190 cm³/mol. The third-order valence-corrected chi connectivity index (χ3v) is 8.54. The monoisotopic (exact) mass is 580 g/mol. The Morgan fingerprint density at radius 1 is 0.356 bits per heavy atom. The van der Waals surface area contributed by atoms with Crippen LogP contribution in [0.4, 0.5) is 0 Å². The summed E-state index contributed by atoms with van der Waals surface area (Å²) in [6.07, 6.45) is 0. The van der Waals surface area contributed by atoms with Gasteiger partial charge in [-0.05, 0) is 78.2 Å². The summed E-state index contributed by atoms with van der Waals surface area (Å²) in [5.74, 6) is 0. The molecule has 0 amide bonds. The van der Waals surface area contributed by atoms with Gasteiger partial charge in [-0.2, -0.15) is 0 Å². The van der Waals surface area contributed by atoms with Crippen LogP contribution in [0, 0.1) is 0 Å². The molecule has 0 spiro atoms. The van der Waals surface area contributed by atoms with Crippen molar-refractivity contribution in [3.8, 4) is 44.5 Å². The molecule has 0 fully saturated rings. The van der Waals surface area contributed by atoms with Crippen LogP contribution in [0.25, 0.3) is 88.0 Å². The number of furan rings is 1. The maximum atomic E-state index is 9.13. The van der Waals surface area contributed by atoms with Gasteiger partial charge in [0.15, 0.2) is 0 Å². The average molecular weight is 581 g/mol. The van der Waals surface area contributed by atoms with Gasteiger partial charge in [-0.1, -0.05) is 158 Å². The molecule has 0 radical (unpaired) electrons. The van der Waals surface area contributed by atoms with Crippen molar-refractivity contribution in [2.75, 3.05) is 0 Å². The lowest BCUT2D eigenvalue weighted by molar-refractivity contribution is 0.669. The van der Waals surface area contributed by atoms with Crippen LogP contribution in [-0.2, 0) is 0 Å². The predicted octanol–water partition coefficient (Wildman–Crippen LogP) is 12.6. The van der Waals surface area contributed by atoms with Crippen LogP contribution in [0.5, 0.6) is 0 Å². The molecule has 9 rings (SSSR count). The zero-order valence-corrected chi connectivity index (χ0v) is 24.0. The SMILES string of the molecule is [2H]c1c([2H])c([2H])c2c(-c3ccc(-c4ccc(-c5cccc6oc7ccccc7c56)cc4)cc3)c3c([2H])c([2H])c([2H])c([2H])c3c(-c3ccccc3)c2c1[2H]. The van der Waals surface area contributed by atoms with E-state index in [4.69, 9.17) is 15.4 Å². The zero-order chi connectivity index (χ0) is 36.7. The molecule has 0 saturated heterocycles. The standard InChI is InChI=1S/C44H28O/c1-2-11-32(12-3-1)42-35-13-4-6-15-37(35)43(38-16-7-5-14-36(38)42)33-27-23-30(24-28-33)29-21-25-31(26-22-29)34-18-10-20-41-44(34)39-17-8-9-19-40(39)45-41/h1-28H/i4D,5D,6D,7D,13D,14D,15D,16D. The quantitative estimate of drug-likeness (QED) is 0.189. The summed E-state index contributed by atoms with van der Waals surface area (Å²) in [7, 11) is 0. The molecule has 0 aliphatic heterocycles. The highest BCUT2D eigenvalue weighted by molar-refractivity contribution is 6.21. The molecule has 1 heterocycles. The molecule has 0 bridgehead atoms. The van der Waals surface area contributed by atoms with Gasteiger partial charge in [0.1, 0.15) is 11.2 Å². The van der Waals surface area contributed by atoms with E-state index in [1.807, 2.05) is 60.7 Å². The summed E-state index contributed by atoms with van der Waals surface area (Å²) >= 11 is 0. The first-order chi connectivity index (χ1) is 25.7. The highest BCUT2D eigenvalue weighted by Crippen LogP contribution is 2.44. The van der Waals surface area contributed by atoms with Crippen molar-refractivity contribution in [2.45, 2.75) is 0 Å². The van der Waals surface area contributed by atoms with Crippen LogP contribution < -0.4 is 0 Å². The summed E-state index contributed by atoms with van der Waals surface area (Å²) in [5, 5.41) is 2.93. The topological polar surface area (TPSA) is 13.1 Å². The van der Waals surface area contributed by atoms with Crippen molar-refractivity contribution < 1.29 is 15.4 Å². The minimum atomic E-state index is -0.418. The first-order valence-corrected chi connectivity index (χ1v) is 14.8. The summed E-state index contributed by atoms with van der Waals surface area (Å²) < 4.78 is 77.0. The molecule has 210 valence electrons. The third kappa shape index (κ3) is 4.17. The van der Waals surface area contributed by atoms with E-state index < -0.39 is 24.2 Å². The Hall–Kier alpha value is -5.92. The number of benzene rings is 8. The maximum absolute atomic E-state index is 9.13. The van der Waals surface area contributed by atoms with Gasteiger partial charge in [0, 0.05) is 10.8 Å². The minimum absolute atomic E-state index is 0.199. The summed E-state index contributed by atoms with van der Waals surface area (Å²) in [4.78, 5) is 0. The van der Waals surface area contributed by atoms with Gasteiger partial charge in [0.05, 0.1) is 11.0 Å². The molecular weight excluding hydrogens is 544 g/mol. The zero-order valence-electron chi connectivity index (χ0n) is 32.0. The Bertz CT molecular complexity index is 2870. The lowest BCUT2D eigenvalue weighted by Gasteiger charge is -2.18. The number of hydrogen-bond donors (Lipinski definition) is 0. The molecule has 1 nitrogen and oxygen atoms in total. The molecule has 0 saturated carbocycles. The van der Waals surface area contributed by atoms with Gasteiger partial charge in [-0.25, -0.2) is 0 Å². The molecule has 8 aromatic carbocycles. The summed E-state index contributed by atoms with van der Waals surface area (Å²) in [6, 6.07) is 36.1. The normalized spacial score (nSPS) is 14.0. The van der Waals surface area contributed by atoms with E-state index in [-0.39, 0.29) is 45.7 Å². The Morgan fingerprint density at radius 2 is 0.822 bits per heavy atom. The maximum Gasteiger partial charge on any atom is 0.136 e. The number of para-hydroxylation sites is 1. The lowest BCUT2D eigenvalue weighted by atomic mass is 9.86. The van der Waals surface area contributed by atoms with Crippen LogP contribution in [0.2, 0.25) is 0 Å². The highest BCUT2D eigenvalue weighted by Gasteiger charge is 2.17. The summed E-state index contributed by atoms with van der Waals surface area (Å²) in [5.41, 5.74) is 7.47. The summed E-state index contributed by atoms with van der Waals surface area (Å²) in [6.45, 7) is 0. The fraction of sp³-hybridized carbons (Fsp3) is 0. The molecule has 1 heteroatoms. The molecule has 0 N–H and O–H groups in total. The lowest BCUT2D eigenvalue weighted by Crippen LogP contribution is -1.90. The Kier molecular flexibility index (Phi) is 4.30. The van der Waals surface area contributed by atoms with Crippen molar-refractivity contribution in [1.82, 2.24) is 0 Å². The molecule has 1 aromatic heterocycles. The van der Waals surface area contributed by atoms with E-state index in [9.17, 15) is 0 Å². The minimum Gasteiger partial charge on any atom is -0.456 e. The van der Waals surface area contributed by atoms with E-state index in [0.717, 1.165) is 44.2 Å². The molecular formula is C44H28O. The second kappa shape index (κ2) is 10.4. The Morgan fingerprint density at radius 3 is 1.42 bits per heavy atom. The van der Waals surface area contributed by atoms with Gasteiger partial charge < -0.3 is 4.42 Å². The van der Waals surface area contributed by atoms with E-state index in [1.54, 1.807) is 24.3 Å². The van der Waals surface area contributed by atoms with Crippen molar-refractivity contribution in [1.29, 1.82) is 0 Å². The van der Waals surface area contributed by atoms with E-state index >= 15 is 0 Å². The second-order valence-electron chi connectivity index (χ2n) is 11.0. The van der Waals surface area contributed by atoms with Crippen LogP contribution in [0.15, 0.2) is 174 Å². The molecule has 0 aliphatic carbocycles. The average Bonchev–Trinajstić information content (AvgIpc) is 3.59. The number of fused-ring (bicyclic) bond motifs is 5. The smallest absolute Gasteiger partial charge is 0.136 e. The largest absolute Gasteiger partial charge is 0.456 e. The van der Waals surface area contributed by atoms with Gasteiger partial charge in [-0.15, -0.1) is 0 Å². The van der Waals surface area contributed by atoms with Crippen molar-refractivity contribution >= 4 is 43.5 Å². The van der Waals surface area contributed by atoms with Crippen molar-refractivity contribution in [2.24, 2.45) is 0 Å². The fourth-order valence-corrected chi connectivity index (χ4v) is 6.49. The molecule has 9 aromatic rings. The first kappa shape index (κ1) is 18.7. The first-order valence-electron chi connectivity index (χ1n) is 18.8. The second-order valence-corrected chi connectivity index (χ2v) is 11.0. The third-order valence-electron chi connectivity index (χ3n) is 8.54. The van der Waals surface area contributed by atoms with Crippen LogP contribution in [-0.4, -0.2) is 0 Å². The van der Waals surface area contributed by atoms with Crippen LogP contribution >= 0.6 is 0 Å². The molecule has 45 heavy (non-hydrogen) atoms. The van der Waals surface area contributed by atoms with E-state index in [2.05, 4.69) is 36.4 Å². The van der Waals surface area contributed by atoms with E-state index in [0.29, 0.717) is 22.3 Å². The molecule has 0 unspecified atom stereocenters. The van der Waals surface area contributed by atoms with Gasteiger partial charge >= 0.3 is 0 Å². The number of rotatable bonds is 4. The molecule has 0 atom stereocenters. The van der Waals surface area contributed by atoms with Gasteiger partial charge in [0.2, 0.25) is 0 Å². The van der Waals surface area contributed by atoms with Gasteiger partial charge in [-0.3, -0.25) is 0 Å². The van der Waals surface area contributed by atoms with Crippen molar-refractivity contribution in [3.63, 3.8) is 0 Å². The van der Waals surface area contributed by atoms with Crippen LogP contribution in [0.1, 0.15) is 11.0 Å². The van der Waals surface area contributed by atoms with Crippen molar-refractivity contribution in [3.05, 3.63) is 170 Å². The number of hydrogen-bond acceptors (Lipinski definition) is 1. The van der Waals surface area contributed by atoms with Gasteiger partial charge in [0.25, 0.3) is 0 Å².